The zero-order chi connectivity index (χ0) is 16.9. The van der Waals surface area contributed by atoms with Gasteiger partial charge in [-0.2, -0.15) is 0 Å². The minimum Gasteiger partial charge on any atom is -0.467 e. The molecule has 1 atom stereocenters. The van der Waals surface area contributed by atoms with Crippen LogP contribution in [0, 0.1) is 10.1 Å². The Morgan fingerprint density at radius 1 is 1.17 bits per heavy atom. The highest BCUT2D eigenvalue weighted by molar-refractivity contribution is 5.71. The summed E-state index contributed by atoms with van der Waals surface area (Å²) in [5.74, 6) is 0.873. The van der Waals surface area contributed by atoms with E-state index < -0.39 is 11.0 Å². The highest BCUT2D eigenvalue weighted by Gasteiger charge is 2.18. The van der Waals surface area contributed by atoms with Crippen LogP contribution in [0.2, 0.25) is 0 Å². The van der Waals surface area contributed by atoms with E-state index in [1.807, 2.05) is 6.07 Å². The first-order chi connectivity index (χ1) is 11.6. The van der Waals surface area contributed by atoms with Crippen LogP contribution in [0.3, 0.4) is 0 Å². The number of rotatable bonds is 6. The van der Waals surface area contributed by atoms with Crippen molar-refractivity contribution in [2.24, 2.45) is 0 Å². The van der Waals surface area contributed by atoms with Gasteiger partial charge in [0.05, 0.1) is 11.2 Å². The lowest BCUT2D eigenvalue weighted by Gasteiger charge is -2.11. The van der Waals surface area contributed by atoms with Crippen LogP contribution >= 0.6 is 0 Å². The molecule has 0 saturated carbocycles. The molecule has 122 valence electrons. The summed E-state index contributed by atoms with van der Waals surface area (Å²) in [6.07, 6.45) is 0.646. The Morgan fingerprint density at radius 3 is 2.62 bits per heavy atom. The molecular weight excluding hydrogens is 310 g/mol. The second-order valence-corrected chi connectivity index (χ2v) is 5.10. The maximum atomic E-state index is 11.2. The molecule has 7 nitrogen and oxygen atoms in total. The molecule has 0 aliphatic heterocycles. The number of anilines is 1. The van der Waals surface area contributed by atoms with E-state index in [9.17, 15) is 15.2 Å². The standard InChI is InChI=1S/C17H15N3O4/c21-14(15-7-4-10-24-15)11-18-16-9-8-13(20(22)23)17(19-16)12-5-2-1-3-6-12/h1-10,14,21H,11H2,(H,18,19). The fourth-order valence-electron chi connectivity index (χ4n) is 2.29. The Balaban J connectivity index is 1.83. The summed E-state index contributed by atoms with van der Waals surface area (Å²) in [5, 5.41) is 24.2. The molecule has 7 heteroatoms. The highest BCUT2D eigenvalue weighted by atomic mass is 16.6. The monoisotopic (exact) mass is 325 g/mol. The van der Waals surface area contributed by atoms with E-state index >= 15 is 0 Å². The molecule has 0 spiro atoms. The first-order valence-corrected chi connectivity index (χ1v) is 7.31. The van der Waals surface area contributed by atoms with Crippen LogP contribution in [0.4, 0.5) is 11.5 Å². The van der Waals surface area contributed by atoms with Gasteiger partial charge in [0.25, 0.3) is 5.69 Å². The minimum atomic E-state index is -0.836. The van der Waals surface area contributed by atoms with Gasteiger partial charge < -0.3 is 14.8 Å². The van der Waals surface area contributed by atoms with E-state index in [-0.39, 0.29) is 17.9 Å². The normalized spacial score (nSPS) is 11.9. The van der Waals surface area contributed by atoms with E-state index in [1.165, 1.54) is 18.4 Å². The quantitative estimate of drug-likeness (QED) is 0.532. The molecular formula is C17H15N3O4. The number of aliphatic hydroxyl groups excluding tert-OH is 1. The van der Waals surface area contributed by atoms with Crippen LogP contribution < -0.4 is 5.32 Å². The largest absolute Gasteiger partial charge is 0.467 e. The molecule has 2 heterocycles. The van der Waals surface area contributed by atoms with Gasteiger partial charge in [-0.1, -0.05) is 30.3 Å². The van der Waals surface area contributed by atoms with Crippen molar-refractivity contribution in [3.05, 3.63) is 76.7 Å². The topological polar surface area (TPSA) is 101 Å². The molecule has 0 amide bonds. The van der Waals surface area contributed by atoms with Crippen LogP contribution in [0.15, 0.2) is 65.3 Å². The average molecular weight is 325 g/mol. The number of pyridine rings is 1. The van der Waals surface area contributed by atoms with Crippen LogP contribution in [-0.2, 0) is 0 Å². The van der Waals surface area contributed by atoms with Crippen molar-refractivity contribution in [1.82, 2.24) is 4.98 Å². The first-order valence-electron chi connectivity index (χ1n) is 7.31. The molecule has 0 aliphatic carbocycles. The van der Waals surface area contributed by atoms with Gasteiger partial charge in [-0.05, 0) is 18.2 Å². The fraction of sp³-hybridized carbons (Fsp3) is 0.118. The maximum Gasteiger partial charge on any atom is 0.295 e. The number of nitrogens with one attached hydrogen (secondary N) is 1. The summed E-state index contributed by atoms with van der Waals surface area (Å²) >= 11 is 0. The Bertz CT molecular complexity index is 819. The summed E-state index contributed by atoms with van der Waals surface area (Å²) in [5.41, 5.74) is 0.857. The van der Waals surface area contributed by atoms with Gasteiger partial charge in [-0.15, -0.1) is 0 Å². The van der Waals surface area contributed by atoms with E-state index in [0.717, 1.165) is 0 Å². The number of nitrogens with zero attached hydrogens (tertiary/aromatic N) is 2. The van der Waals surface area contributed by atoms with Crippen LogP contribution in [-0.4, -0.2) is 21.6 Å². The lowest BCUT2D eigenvalue weighted by atomic mass is 10.1. The van der Waals surface area contributed by atoms with Crippen molar-refractivity contribution in [3.8, 4) is 11.3 Å². The summed E-state index contributed by atoms with van der Waals surface area (Å²) in [6, 6.07) is 15.2. The van der Waals surface area contributed by atoms with Gasteiger partial charge in [0, 0.05) is 18.2 Å². The summed E-state index contributed by atoms with van der Waals surface area (Å²) < 4.78 is 5.13. The van der Waals surface area contributed by atoms with Crippen LogP contribution in [0.1, 0.15) is 11.9 Å². The molecule has 24 heavy (non-hydrogen) atoms. The second kappa shape index (κ2) is 6.93. The number of hydrogen-bond acceptors (Lipinski definition) is 6. The fourth-order valence-corrected chi connectivity index (χ4v) is 2.29. The molecule has 0 bridgehead atoms. The molecule has 0 aliphatic rings. The molecule has 3 rings (SSSR count). The number of benzene rings is 1. The minimum absolute atomic E-state index is 0.0710. The van der Waals surface area contributed by atoms with Crippen molar-refractivity contribution in [2.45, 2.75) is 6.10 Å². The van der Waals surface area contributed by atoms with Gasteiger partial charge in [0.2, 0.25) is 0 Å². The van der Waals surface area contributed by atoms with Crippen molar-refractivity contribution in [1.29, 1.82) is 0 Å². The zero-order valence-electron chi connectivity index (χ0n) is 12.6. The van der Waals surface area contributed by atoms with Crippen LogP contribution in [0.5, 0.6) is 0 Å². The number of aromatic nitrogens is 1. The van der Waals surface area contributed by atoms with Gasteiger partial charge in [-0.25, -0.2) is 4.98 Å². The molecule has 3 aromatic rings. The lowest BCUT2D eigenvalue weighted by Crippen LogP contribution is -2.12. The van der Waals surface area contributed by atoms with Gasteiger partial charge in [-0.3, -0.25) is 10.1 Å². The zero-order valence-corrected chi connectivity index (χ0v) is 12.6. The van der Waals surface area contributed by atoms with E-state index in [4.69, 9.17) is 4.42 Å². The summed E-state index contributed by atoms with van der Waals surface area (Å²) in [7, 11) is 0. The molecule has 1 aromatic carbocycles. The number of hydrogen-bond donors (Lipinski definition) is 2. The van der Waals surface area contributed by atoms with E-state index in [1.54, 1.807) is 36.4 Å². The van der Waals surface area contributed by atoms with Gasteiger partial charge >= 0.3 is 0 Å². The molecule has 0 saturated heterocycles. The lowest BCUT2D eigenvalue weighted by molar-refractivity contribution is -0.384. The molecule has 1 unspecified atom stereocenters. The predicted octanol–water partition coefficient (Wildman–Crippen LogP) is 3.40. The van der Waals surface area contributed by atoms with Gasteiger partial charge in [0.15, 0.2) is 5.69 Å². The third-order valence-electron chi connectivity index (χ3n) is 3.47. The Labute approximate surface area is 137 Å². The number of aliphatic hydroxyl groups is 1. The number of nitro groups is 1. The first kappa shape index (κ1) is 15.7. The van der Waals surface area contributed by atoms with E-state index in [2.05, 4.69) is 10.3 Å². The number of furan rings is 1. The molecule has 2 N–H and O–H groups in total. The summed E-state index contributed by atoms with van der Waals surface area (Å²) in [4.78, 5) is 15.1. The van der Waals surface area contributed by atoms with Crippen molar-refractivity contribution >= 4 is 11.5 Å². The molecule has 0 radical (unpaired) electrons. The summed E-state index contributed by atoms with van der Waals surface area (Å²) in [6.45, 7) is 0.173. The highest BCUT2D eigenvalue weighted by Crippen LogP contribution is 2.29. The third kappa shape index (κ3) is 3.41. The van der Waals surface area contributed by atoms with Crippen molar-refractivity contribution in [2.75, 3.05) is 11.9 Å². The predicted molar refractivity (Wildman–Crippen MR) is 88.5 cm³/mol. The van der Waals surface area contributed by atoms with E-state index in [0.29, 0.717) is 17.1 Å². The smallest absolute Gasteiger partial charge is 0.295 e. The van der Waals surface area contributed by atoms with Crippen molar-refractivity contribution in [3.63, 3.8) is 0 Å². The Morgan fingerprint density at radius 2 is 1.96 bits per heavy atom. The second-order valence-electron chi connectivity index (χ2n) is 5.10. The SMILES string of the molecule is O=[N+]([O-])c1ccc(NCC(O)c2ccco2)nc1-c1ccccc1. The Kier molecular flexibility index (Phi) is 4.53. The average Bonchev–Trinajstić information content (AvgIpc) is 3.15. The molecule has 0 fully saturated rings. The maximum absolute atomic E-state index is 11.2. The Hall–Kier alpha value is -3.19. The van der Waals surface area contributed by atoms with Crippen molar-refractivity contribution < 1.29 is 14.4 Å². The third-order valence-corrected chi connectivity index (χ3v) is 3.47. The van der Waals surface area contributed by atoms with Crippen LogP contribution in [0.25, 0.3) is 11.3 Å². The molecule has 2 aromatic heterocycles. The van der Waals surface area contributed by atoms with Gasteiger partial charge in [0.1, 0.15) is 17.7 Å².